The van der Waals surface area contributed by atoms with Crippen molar-refractivity contribution in [3.8, 4) is 11.3 Å². The lowest BCUT2D eigenvalue weighted by molar-refractivity contribution is -0.121. The van der Waals surface area contributed by atoms with Crippen LogP contribution in [0.15, 0.2) is 34.9 Å². The second-order valence-corrected chi connectivity index (χ2v) is 5.73. The Morgan fingerprint density at radius 1 is 1.35 bits per heavy atom. The number of carbonyl (C=O) groups is 1. The maximum atomic E-state index is 11.7. The molecule has 1 aromatic heterocycles. The third-order valence-electron chi connectivity index (χ3n) is 3.61. The van der Waals surface area contributed by atoms with Crippen molar-refractivity contribution in [3.05, 3.63) is 41.9 Å². The van der Waals surface area contributed by atoms with Gasteiger partial charge in [-0.2, -0.15) is 0 Å². The number of oxazole rings is 1. The lowest BCUT2D eigenvalue weighted by Gasteiger charge is -2.10. The molecule has 5 heteroatoms. The SMILES string of the molecule is CCCC(O)CNC(=O)CCc1ncc(-c2ccc(C)cc2)o1. The molecule has 0 saturated heterocycles. The van der Waals surface area contributed by atoms with Gasteiger partial charge >= 0.3 is 0 Å². The normalized spacial score (nSPS) is 12.1. The number of aryl methyl sites for hydroxylation is 2. The first-order valence-electron chi connectivity index (χ1n) is 8.05. The molecule has 1 aromatic carbocycles. The number of nitrogens with one attached hydrogen (secondary N) is 1. The molecule has 23 heavy (non-hydrogen) atoms. The molecule has 1 amide bonds. The first kappa shape index (κ1) is 17.2. The number of aromatic nitrogens is 1. The molecule has 5 nitrogen and oxygen atoms in total. The number of hydrogen-bond donors (Lipinski definition) is 2. The molecule has 1 heterocycles. The minimum atomic E-state index is -0.473. The first-order chi connectivity index (χ1) is 11.1. The molecule has 1 unspecified atom stereocenters. The van der Waals surface area contributed by atoms with E-state index in [1.54, 1.807) is 6.20 Å². The second-order valence-electron chi connectivity index (χ2n) is 5.73. The van der Waals surface area contributed by atoms with Gasteiger partial charge in [-0.1, -0.05) is 43.2 Å². The van der Waals surface area contributed by atoms with E-state index in [2.05, 4.69) is 10.3 Å². The largest absolute Gasteiger partial charge is 0.441 e. The first-order valence-corrected chi connectivity index (χ1v) is 8.05. The van der Waals surface area contributed by atoms with Gasteiger partial charge in [0.05, 0.1) is 12.3 Å². The van der Waals surface area contributed by atoms with Crippen molar-refractivity contribution in [2.75, 3.05) is 6.54 Å². The third-order valence-corrected chi connectivity index (χ3v) is 3.61. The van der Waals surface area contributed by atoms with Crippen molar-refractivity contribution in [2.24, 2.45) is 0 Å². The summed E-state index contributed by atoms with van der Waals surface area (Å²) < 4.78 is 5.68. The van der Waals surface area contributed by atoms with Crippen molar-refractivity contribution in [2.45, 2.75) is 45.6 Å². The predicted octanol–water partition coefficient (Wildman–Crippen LogP) is 2.86. The van der Waals surface area contributed by atoms with Gasteiger partial charge in [-0.15, -0.1) is 0 Å². The number of hydrogen-bond acceptors (Lipinski definition) is 4. The number of nitrogens with zero attached hydrogens (tertiary/aromatic N) is 1. The van der Waals surface area contributed by atoms with Crippen molar-refractivity contribution in [1.82, 2.24) is 10.3 Å². The minimum Gasteiger partial charge on any atom is -0.441 e. The second kappa shape index (κ2) is 8.48. The minimum absolute atomic E-state index is 0.102. The molecule has 0 radical (unpaired) electrons. The van der Waals surface area contributed by atoms with Crippen molar-refractivity contribution in [1.29, 1.82) is 0 Å². The lowest BCUT2D eigenvalue weighted by atomic mass is 10.1. The smallest absolute Gasteiger partial charge is 0.220 e. The Morgan fingerprint density at radius 2 is 2.09 bits per heavy atom. The fourth-order valence-electron chi connectivity index (χ4n) is 2.25. The molecule has 2 N–H and O–H groups in total. The summed E-state index contributed by atoms with van der Waals surface area (Å²) in [5.74, 6) is 1.15. The Balaban J connectivity index is 1.80. The van der Waals surface area contributed by atoms with Crippen LogP contribution in [0.2, 0.25) is 0 Å². The Labute approximate surface area is 136 Å². The number of carbonyl (C=O) groups excluding carboxylic acids is 1. The average molecular weight is 316 g/mol. The number of aliphatic hydroxyl groups is 1. The van der Waals surface area contributed by atoms with Gasteiger partial charge in [-0.05, 0) is 13.3 Å². The van der Waals surface area contributed by atoms with Crippen LogP contribution in [0.5, 0.6) is 0 Å². The number of rotatable bonds is 8. The van der Waals surface area contributed by atoms with E-state index in [0.717, 1.165) is 12.0 Å². The summed E-state index contributed by atoms with van der Waals surface area (Å²) in [5, 5.41) is 12.3. The molecular weight excluding hydrogens is 292 g/mol. The highest BCUT2D eigenvalue weighted by atomic mass is 16.4. The average Bonchev–Trinajstić information content (AvgIpc) is 3.01. The summed E-state index contributed by atoms with van der Waals surface area (Å²) in [6.45, 7) is 4.33. The Hall–Kier alpha value is -2.14. The van der Waals surface area contributed by atoms with Crippen molar-refractivity contribution in [3.63, 3.8) is 0 Å². The van der Waals surface area contributed by atoms with Crippen LogP contribution < -0.4 is 5.32 Å². The molecule has 0 fully saturated rings. The molecule has 1 atom stereocenters. The standard InChI is InChI=1S/C18H24N2O3/c1-3-4-15(21)11-19-17(22)9-10-18-20-12-16(23-18)14-7-5-13(2)6-8-14/h5-8,12,15,21H,3-4,9-11H2,1-2H3,(H,19,22). The zero-order valence-corrected chi connectivity index (χ0v) is 13.7. The fraction of sp³-hybridized carbons (Fsp3) is 0.444. The van der Waals surface area contributed by atoms with Crippen LogP contribution in [-0.4, -0.2) is 28.6 Å². The highest BCUT2D eigenvalue weighted by molar-refractivity contribution is 5.76. The molecule has 124 valence electrons. The van der Waals surface area contributed by atoms with E-state index in [9.17, 15) is 9.90 Å². The molecule has 2 aromatic rings. The van der Waals surface area contributed by atoms with Crippen LogP contribution in [0.3, 0.4) is 0 Å². The van der Waals surface area contributed by atoms with Gasteiger partial charge in [0.2, 0.25) is 5.91 Å². The zero-order chi connectivity index (χ0) is 16.7. The third kappa shape index (κ3) is 5.53. The topological polar surface area (TPSA) is 75.4 Å². The van der Waals surface area contributed by atoms with Gasteiger partial charge in [0.15, 0.2) is 11.7 Å². The Kier molecular flexibility index (Phi) is 6.35. The summed E-state index contributed by atoms with van der Waals surface area (Å²) >= 11 is 0. The Bertz CT molecular complexity index is 619. The molecule has 0 aliphatic heterocycles. The molecule has 2 rings (SSSR count). The maximum Gasteiger partial charge on any atom is 0.220 e. The van der Waals surface area contributed by atoms with Gasteiger partial charge in [-0.25, -0.2) is 4.98 Å². The molecule has 0 aliphatic carbocycles. The summed E-state index contributed by atoms with van der Waals surface area (Å²) in [6.07, 6.45) is 3.55. The van der Waals surface area contributed by atoms with E-state index >= 15 is 0 Å². The Morgan fingerprint density at radius 3 is 2.78 bits per heavy atom. The van der Waals surface area contributed by atoms with Crippen LogP contribution in [0.4, 0.5) is 0 Å². The number of amides is 1. The summed E-state index contributed by atoms with van der Waals surface area (Å²) in [7, 11) is 0. The van der Waals surface area contributed by atoms with E-state index in [1.807, 2.05) is 38.1 Å². The van der Waals surface area contributed by atoms with E-state index < -0.39 is 6.10 Å². The van der Waals surface area contributed by atoms with E-state index in [4.69, 9.17) is 4.42 Å². The van der Waals surface area contributed by atoms with Crippen molar-refractivity contribution >= 4 is 5.91 Å². The molecule has 0 bridgehead atoms. The van der Waals surface area contributed by atoms with Gasteiger partial charge in [-0.3, -0.25) is 4.79 Å². The van der Waals surface area contributed by atoms with Gasteiger partial charge in [0.1, 0.15) is 0 Å². The highest BCUT2D eigenvalue weighted by Gasteiger charge is 2.10. The summed E-state index contributed by atoms with van der Waals surface area (Å²) in [5.41, 5.74) is 2.16. The highest BCUT2D eigenvalue weighted by Crippen LogP contribution is 2.21. The fourth-order valence-corrected chi connectivity index (χ4v) is 2.25. The van der Waals surface area contributed by atoms with E-state index in [0.29, 0.717) is 37.5 Å². The van der Waals surface area contributed by atoms with Crippen LogP contribution >= 0.6 is 0 Å². The molecule has 0 saturated carbocycles. The zero-order valence-electron chi connectivity index (χ0n) is 13.7. The molecular formula is C18H24N2O3. The van der Waals surface area contributed by atoms with Gasteiger partial charge in [0.25, 0.3) is 0 Å². The quantitative estimate of drug-likeness (QED) is 0.785. The van der Waals surface area contributed by atoms with E-state index in [1.165, 1.54) is 5.56 Å². The van der Waals surface area contributed by atoms with Crippen LogP contribution in [-0.2, 0) is 11.2 Å². The summed E-state index contributed by atoms with van der Waals surface area (Å²) in [4.78, 5) is 16.0. The lowest BCUT2D eigenvalue weighted by Crippen LogP contribution is -2.32. The van der Waals surface area contributed by atoms with Crippen molar-refractivity contribution < 1.29 is 14.3 Å². The van der Waals surface area contributed by atoms with Gasteiger partial charge in [0, 0.05) is 24.9 Å². The molecule has 0 spiro atoms. The van der Waals surface area contributed by atoms with Gasteiger partial charge < -0.3 is 14.8 Å². The molecule has 0 aliphatic rings. The van der Waals surface area contributed by atoms with Crippen LogP contribution in [0.25, 0.3) is 11.3 Å². The number of aliphatic hydroxyl groups excluding tert-OH is 1. The predicted molar refractivity (Wildman–Crippen MR) is 88.9 cm³/mol. The summed E-state index contributed by atoms with van der Waals surface area (Å²) in [6, 6.07) is 8.02. The monoisotopic (exact) mass is 316 g/mol. The number of benzene rings is 1. The van der Waals surface area contributed by atoms with Crippen LogP contribution in [0.1, 0.15) is 37.6 Å². The van der Waals surface area contributed by atoms with E-state index in [-0.39, 0.29) is 5.91 Å². The van der Waals surface area contributed by atoms with Crippen LogP contribution in [0, 0.1) is 6.92 Å². The maximum absolute atomic E-state index is 11.7.